The molecule has 0 spiro atoms. The lowest BCUT2D eigenvalue weighted by Gasteiger charge is -2.19. The first-order chi connectivity index (χ1) is 8.86. The van der Waals surface area contributed by atoms with Crippen LogP contribution in [0.2, 0.25) is 0 Å². The first-order valence-electron chi connectivity index (χ1n) is 6.63. The molecule has 1 heterocycles. The van der Waals surface area contributed by atoms with Crippen molar-refractivity contribution in [2.75, 3.05) is 5.32 Å². The summed E-state index contributed by atoms with van der Waals surface area (Å²) in [5, 5.41) is 4.60. The van der Waals surface area contributed by atoms with Gasteiger partial charge < -0.3 is 5.32 Å². The molecule has 0 saturated carbocycles. The number of thiazole rings is 1. The van der Waals surface area contributed by atoms with Crippen molar-refractivity contribution in [3.05, 3.63) is 45.4 Å². The van der Waals surface area contributed by atoms with Crippen molar-refractivity contribution in [1.29, 1.82) is 0 Å². The molecule has 2 nitrogen and oxygen atoms in total. The topological polar surface area (TPSA) is 24.9 Å². The fraction of sp³-hybridized carbons (Fsp3) is 0.438. The fourth-order valence-electron chi connectivity index (χ4n) is 2.01. The van der Waals surface area contributed by atoms with Crippen LogP contribution in [0.5, 0.6) is 0 Å². The van der Waals surface area contributed by atoms with Crippen molar-refractivity contribution < 1.29 is 0 Å². The predicted molar refractivity (Wildman–Crippen MR) is 84.1 cm³/mol. The Hall–Kier alpha value is -1.35. The number of benzene rings is 1. The maximum Gasteiger partial charge on any atom is 0.0900 e. The van der Waals surface area contributed by atoms with Gasteiger partial charge in [0.05, 0.1) is 17.2 Å². The number of nitrogens with one attached hydrogen (secondary N) is 1. The van der Waals surface area contributed by atoms with Crippen molar-refractivity contribution in [3.8, 4) is 0 Å². The molecule has 0 bridgehead atoms. The van der Waals surface area contributed by atoms with E-state index in [1.807, 2.05) is 0 Å². The van der Waals surface area contributed by atoms with E-state index in [1.165, 1.54) is 16.1 Å². The molecule has 102 valence electrons. The van der Waals surface area contributed by atoms with E-state index in [2.05, 4.69) is 69.2 Å². The van der Waals surface area contributed by atoms with E-state index in [0.717, 1.165) is 17.2 Å². The molecule has 0 unspecified atom stereocenters. The minimum Gasteiger partial charge on any atom is -0.380 e. The van der Waals surface area contributed by atoms with Crippen LogP contribution >= 0.6 is 11.3 Å². The maximum absolute atomic E-state index is 4.45. The molecule has 0 saturated heterocycles. The highest BCUT2D eigenvalue weighted by molar-refractivity contribution is 7.11. The number of rotatable bonds is 3. The predicted octanol–water partition coefficient (Wildman–Crippen LogP) is 4.67. The molecule has 1 N–H and O–H groups in total. The summed E-state index contributed by atoms with van der Waals surface area (Å²) >= 11 is 1.77. The van der Waals surface area contributed by atoms with Crippen LogP contribution in [0.15, 0.2) is 24.3 Å². The molecule has 0 radical (unpaired) electrons. The molecule has 0 atom stereocenters. The first-order valence-corrected chi connectivity index (χ1v) is 7.45. The summed E-state index contributed by atoms with van der Waals surface area (Å²) in [6.07, 6.45) is 0. The molecule has 1 aromatic carbocycles. The monoisotopic (exact) mass is 274 g/mol. The Morgan fingerprint density at radius 2 is 1.74 bits per heavy atom. The highest BCUT2D eigenvalue weighted by Gasteiger charge is 2.12. The second kappa shape index (κ2) is 5.33. The standard InChI is InChI=1S/C16H22N2S/c1-11-15(19-12(2)18-11)10-17-14-8-6-13(7-9-14)16(3,4)5/h6-9,17H,10H2,1-5H3. The van der Waals surface area contributed by atoms with Gasteiger partial charge in [-0.15, -0.1) is 11.3 Å². The Balaban J connectivity index is 2.02. The van der Waals surface area contributed by atoms with Crippen molar-refractivity contribution in [3.63, 3.8) is 0 Å². The molecule has 19 heavy (non-hydrogen) atoms. The zero-order valence-electron chi connectivity index (χ0n) is 12.4. The fourth-order valence-corrected chi connectivity index (χ4v) is 2.88. The van der Waals surface area contributed by atoms with Crippen molar-refractivity contribution in [2.24, 2.45) is 0 Å². The normalized spacial score (nSPS) is 11.6. The molecule has 0 aliphatic carbocycles. The highest BCUT2D eigenvalue weighted by Crippen LogP contribution is 2.24. The Bertz CT molecular complexity index is 547. The second-order valence-electron chi connectivity index (χ2n) is 5.92. The third kappa shape index (κ3) is 3.57. The van der Waals surface area contributed by atoms with Gasteiger partial charge in [-0.2, -0.15) is 0 Å². The Morgan fingerprint density at radius 3 is 2.21 bits per heavy atom. The van der Waals surface area contributed by atoms with Gasteiger partial charge in [0.25, 0.3) is 0 Å². The molecule has 0 aliphatic heterocycles. The quantitative estimate of drug-likeness (QED) is 0.879. The maximum atomic E-state index is 4.45. The van der Waals surface area contributed by atoms with Crippen LogP contribution in [0.4, 0.5) is 5.69 Å². The minimum absolute atomic E-state index is 0.212. The zero-order chi connectivity index (χ0) is 14.0. The first kappa shape index (κ1) is 14.1. The molecular formula is C16H22N2S. The number of nitrogens with zero attached hydrogens (tertiary/aromatic N) is 1. The lowest BCUT2D eigenvalue weighted by Crippen LogP contribution is -2.10. The average molecular weight is 274 g/mol. The van der Waals surface area contributed by atoms with E-state index < -0.39 is 0 Å². The number of aryl methyl sites for hydroxylation is 2. The van der Waals surface area contributed by atoms with Crippen molar-refractivity contribution >= 4 is 17.0 Å². The number of anilines is 1. The van der Waals surface area contributed by atoms with Gasteiger partial charge in [0, 0.05) is 10.6 Å². The van der Waals surface area contributed by atoms with Gasteiger partial charge in [-0.05, 0) is 37.0 Å². The van der Waals surface area contributed by atoms with E-state index in [9.17, 15) is 0 Å². The van der Waals surface area contributed by atoms with Crippen LogP contribution in [0.1, 0.15) is 41.9 Å². The second-order valence-corrected chi connectivity index (χ2v) is 7.21. The summed E-state index contributed by atoms with van der Waals surface area (Å²) < 4.78 is 0. The van der Waals surface area contributed by atoms with Crippen LogP contribution < -0.4 is 5.32 Å². The molecule has 0 fully saturated rings. The van der Waals surface area contributed by atoms with Crippen molar-refractivity contribution in [2.45, 2.75) is 46.6 Å². The van der Waals surface area contributed by atoms with Gasteiger partial charge in [-0.25, -0.2) is 4.98 Å². The van der Waals surface area contributed by atoms with Crippen molar-refractivity contribution in [1.82, 2.24) is 4.98 Å². The van der Waals surface area contributed by atoms with Gasteiger partial charge in [-0.3, -0.25) is 0 Å². The molecule has 1 aromatic heterocycles. The Morgan fingerprint density at radius 1 is 1.11 bits per heavy atom. The minimum atomic E-state index is 0.212. The van der Waals surface area contributed by atoms with E-state index in [0.29, 0.717) is 0 Å². The molecule has 2 aromatic rings. The van der Waals surface area contributed by atoms with Crippen LogP contribution in [0, 0.1) is 13.8 Å². The molecular weight excluding hydrogens is 252 g/mol. The van der Waals surface area contributed by atoms with E-state index in [1.54, 1.807) is 11.3 Å². The van der Waals surface area contributed by atoms with Crippen LogP contribution in [-0.2, 0) is 12.0 Å². The lowest BCUT2D eigenvalue weighted by atomic mass is 9.87. The Kier molecular flexibility index (Phi) is 3.95. The average Bonchev–Trinajstić information content (AvgIpc) is 2.65. The number of hydrogen-bond donors (Lipinski definition) is 1. The highest BCUT2D eigenvalue weighted by atomic mass is 32.1. The Labute approximate surface area is 119 Å². The third-order valence-corrected chi connectivity index (χ3v) is 4.28. The summed E-state index contributed by atoms with van der Waals surface area (Å²) in [6.45, 7) is 11.7. The summed E-state index contributed by atoms with van der Waals surface area (Å²) in [4.78, 5) is 5.77. The van der Waals surface area contributed by atoms with Crippen LogP contribution in [-0.4, -0.2) is 4.98 Å². The summed E-state index contributed by atoms with van der Waals surface area (Å²) in [5.41, 5.74) is 3.88. The van der Waals surface area contributed by atoms with E-state index >= 15 is 0 Å². The summed E-state index contributed by atoms with van der Waals surface area (Å²) in [7, 11) is 0. The van der Waals surface area contributed by atoms with Gasteiger partial charge in [0.1, 0.15) is 0 Å². The SMILES string of the molecule is Cc1nc(C)c(CNc2ccc(C(C)(C)C)cc2)s1. The van der Waals surface area contributed by atoms with Gasteiger partial charge >= 0.3 is 0 Å². The van der Waals surface area contributed by atoms with Gasteiger partial charge in [0.15, 0.2) is 0 Å². The molecule has 0 aliphatic rings. The van der Waals surface area contributed by atoms with E-state index in [-0.39, 0.29) is 5.41 Å². The number of hydrogen-bond acceptors (Lipinski definition) is 3. The zero-order valence-corrected chi connectivity index (χ0v) is 13.2. The largest absolute Gasteiger partial charge is 0.380 e. The molecule has 0 amide bonds. The summed E-state index contributed by atoms with van der Waals surface area (Å²) in [5.74, 6) is 0. The van der Waals surface area contributed by atoms with Gasteiger partial charge in [0.2, 0.25) is 0 Å². The third-order valence-electron chi connectivity index (χ3n) is 3.20. The van der Waals surface area contributed by atoms with Crippen LogP contribution in [0.3, 0.4) is 0 Å². The summed E-state index contributed by atoms with van der Waals surface area (Å²) in [6, 6.07) is 8.72. The smallest absolute Gasteiger partial charge is 0.0900 e. The number of aromatic nitrogens is 1. The lowest BCUT2D eigenvalue weighted by molar-refractivity contribution is 0.590. The van der Waals surface area contributed by atoms with E-state index in [4.69, 9.17) is 0 Å². The van der Waals surface area contributed by atoms with Crippen LogP contribution in [0.25, 0.3) is 0 Å². The molecule has 2 rings (SSSR count). The van der Waals surface area contributed by atoms with Gasteiger partial charge in [-0.1, -0.05) is 32.9 Å². The molecule has 3 heteroatoms.